The molecule has 0 spiro atoms. The Hall–Kier alpha value is -1.39. The molecule has 1 aromatic rings. The van der Waals surface area contributed by atoms with Gasteiger partial charge in [0.15, 0.2) is 0 Å². The van der Waals surface area contributed by atoms with Gasteiger partial charge in [0, 0.05) is 19.0 Å². The molecule has 1 N–H and O–H groups in total. The van der Waals surface area contributed by atoms with Gasteiger partial charge in [-0.1, -0.05) is 6.92 Å². The quantitative estimate of drug-likeness (QED) is 0.835. The highest BCUT2D eigenvalue weighted by Gasteiger charge is 2.53. The van der Waals surface area contributed by atoms with Gasteiger partial charge < -0.3 is 5.32 Å². The summed E-state index contributed by atoms with van der Waals surface area (Å²) < 4.78 is 1.80. The molecule has 4 aliphatic carbocycles. The van der Waals surface area contributed by atoms with Crippen LogP contribution in [0.2, 0.25) is 0 Å². The van der Waals surface area contributed by atoms with Crippen molar-refractivity contribution in [2.75, 3.05) is 0 Å². The van der Waals surface area contributed by atoms with Gasteiger partial charge >= 0.3 is 0 Å². The standard InChI is InChI=1S/C19H30N4O/c1-2-17(22-18(24)4-3-5-23-13-20-12-21-23)19-9-14-6-15(10-19)8-16(7-14)11-19/h12-17H,2-11H2,1H3,(H,22,24). The van der Waals surface area contributed by atoms with Crippen molar-refractivity contribution >= 4 is 5.91 Å². The number of aryl methyl sites for hydroxylation is 1. The molecule has 1 aromatic heterocycles. The Morgan fingerprint density at radius 3 is 2.46 bits per heavy atom. The lowest BCUT2D eigenvalue weighted by molar-refractivity contribution is -0.126. The van der Waals surface area contributed by atoms with Crippen LogP contribution in [-0.4, -0.2) is 26.7 Å². The molecule has 0 aliphatic heterocycles. The second kappa shape index (κ2) is 6.49. The number of amides is 1. The number of nitrogens with zero attached hydrogens (tertiary/aromatic N) is 3. The highest BCUT2D eigenvalue weighted by Crippen LogP contribution is 2.61. The van der Waals surface area contributed by atoms with Gasteiger partial charge in [0.25, 0.3) is 0 Å². The number of nitrogens with one attached hydrogen (secondary N) is 1. The van der Waals surface area contributed by atoms with Crippen molar-refractivity contribution in [3.63, 3.8) is 0 Å². The first kappa shape index (κ1) is 16.1. The third-order valence-corrected chi connectivity index (χ3v) is 6.83. The van der Waals surface area contributed by atoms with E-state index in [1.807, 2.05) is 0 Å². The maximum absolute atomic E-state index is 12.5. The van der Waals surface area contributed by atoms with Crippen molar-refractivity contribution in [3.05, 3.63) is 12.7 Å². The van der Waals surface area contributed by atoms with E-state index in [-0.39, 0.29) is 5.91 Å². The topological polar surface area (TPSA) is 59.8 Å². The predicted molar refractivity (Wildman–Crippen MR) is 92.1 cm³/mol. The Kier molecular flexibility index (Phi) is 4.35. The summed E-state index contributed by atoms with van der Waals surface area (Å²) in [6.45, 7) is 3.01. The monoisotopic (exact) mass is 330 g/mol. The zero-order chi connectivity index (χ0) is 16.6. The molecule has 1 amide bonds. The van der Waals surface area contributed by atoms with Crippen molar-refractivity contribution in [3.8, 4) is 0 Å². The molecule has 1 unspecified atom stereocenters. The molecular weight excluding hydrogens is 300 g/mol. The fourth-order valence-electron chi connectivity index (χ4n) is 6.31. The van der Waals surface area contributed by atoms with Crippen LogP contribution in [0.1, 0.15) is 64.7 Å². The first-order valence-electron chi connectivity index (χ1n) is 9.78. The summed E-state index contributed by atoms with van der Waals surface area (Å²) in [4.78, 5) is 16.4. The lowest BCUT2D eigenvalue weighted by atomic mass is 9.47. The van der Waals surface area contributed by atoms with Crippen molar-refractivity contribution in [1.29, 1.82) is 0 Å². The summed E-state index contributed by atoms with van der Waals surface area (Å²) in [5, 5.41) is 7.51. The van der Waals surface area contributed by atoms with Gasteiger partial charge in [0.05, 0.1) is 0 Å². The largest absolute Gasteiger partial charge is 0.353 e. The molecular formula is C19H30N4O. The van der Waals surface area contributed by atoms with Gasteiger partial charge in [0.1, 0.15) is 12.7 Å². The lowest BCUT2D eigenvalue weighted by Gasteiger charge is -2.59. The van der Waals surface area contributed by atoms with E-state index in [9.17, 15) is 4.79 Å². The second-order valence-electron chi connectivity index (χ2n) is 8.57. The fourth-order valence-corrected chi connectivity index (χ4v) is 6.31. The molecule has 4 saturated carbocycles. The predicted octanol–water partition coefficient (Wildman–Crippen LogP) is 3.17. The second-order valence-corrected chi connectivity index (χ2v) is 8.57. The zero-order valence-electron chi connectivity index (χ0n) is 14.8. The number of carbonyl (C=O) groups is 1. The van der Waals surface area contributed by atoms with E-state index in [0.29, 0.717) is 17.9 Å². The summed E-state index contributed by atoms with van der Waals surface area (Å²) in [6, 6.07) is 0.379. The highest BCUT2D eigenvalue weighted by atomic mass is 16.1. The average molecular weight is 330 g/mol. The van der Waals surface area contributed by atoms with Crippen LogP contribution in [0.3, 0.4) is 0 Å². The number of carbonyl (C=O) groups excluding carboxylic acids is 1. The normalized spacial score (nSPS) is 35.1. The molecule has 4 aliphatic rings. The maximum atomic E-state index is 12.5. The number of hydrogen-bond donors (Lipinski definition) is 1. The van der Waals surface area contributed by atoms with E-state index in [2.05, 4.69) is 22.3 Å². The van der Waals surface area contributed by atoms with Crippen LogP contribution in [0, 0.1) is 23.2 Å². The molecule has 5 rings (SSSR count). The minimum atomic E-state index is 0.220. The van der Waals surface area contributed by atoms with Gasteiger partial charge in [-0.3, -0.25) is 9.48 Å². The van der Waals surface area contributed by atoms with Crippen molar-refractivity contribution in [2.24, 2.45) is 23.2 Å². The Morgan fingerprint density at radius 2 is 1.92 bits per heavy atom. The molecule has 1 atom stereocenters. The van der Waals surface area contributed by atoms with Crippen molar-refractivity contribution in [1.82, 2.24) is 20.1 Å². The Balaban J connectivity index is 1.33. The van der Waals surface area contributed by atoms with Gasteiger partial charge in [-0.25, -0.2) is 4.98 Å². The smallest absolute Gasteiger partial charge is 0.220 e. The number of rotatable bonds is 7. The van der Waals surface area contributed by atoms with E-state index in [1.165, 1.54) is 38.5 Å². The molecule has 5 heteroatoms. The van der Waals surface area contributed by atoms with E-state index >= 15 is 0 Å². The van der Waals surface area contributed by atoms with Crippen molar-refractivity contribution in [2.45, 2.75) is 77.3 Å². The molecule has 132 valence electrons. The summed E-state index contributed by atoms with van der Waals surface area (Å²) in [5.41, 5.74) is 0.408. The van der Waals surface area contributed by atoms with Crippen LogP contribution >= 0.6 is 0 Å². The van der Waals surface area contributed by atoms with E-state index in [4.69, 9.17) is 0 Å². The molecule has 4 fully saturated rings. The van der Waals surface area contributed by atoms with Crippen LogP contribution in [0.15, 0.2) is 12.7 Å². The molecule has 1 heterocycles. The van der Waals surface area contributed by atoms with Gasteiger partial charge in [-0.05, 0) is 74.5 Å². The van der Waals surface area contributed by atoms with Crippen molar-refractivity contribution < 1.29 is 4.79 Å². The van der Waals surface area contributed by atoms with E-state index < -0.39 is 0 Å². The Morgan fingerprint density at radius 1 is 1.25 bits per heavy atom. The average Bonchev–Trinajstić information content (AvgIpc) is 3.04. The van der Waals surface area contributed by atoms with Gasteiger partial charge in [-0.15, -0.1) is 0 Å². The molecule has 0 radical (unpaired) electrons. The first-order valence-corrected chi connectivity index (χ1v) is 9.78. The molecule has 4 bridgehead atoms. The van der Waals surface area contributed by atoms with Gasteiger partial charge in [0.2, 0.25) is 5.91 Å². The van der Waals surface area contributed by atoms with Crippen LogP contribution in [0.5, 0.6) is 0 Å². The first-order chi connectivity index (χ1) is 11.7. The SMILES string of the molecule is CCC(NC(=O)CCCn1cncn1)C12CC3CC(CC(C3)C1)C2. The summed E-state index contributed by atoms with van der Waals surface area (Å²) in [7, 11) is 0. The highest BCUT2D eigenvalue weighted by molar-refractivity contribution is 5.76. The third-order valence-electron chi connectivity index (χ3n) is 6.83. The van der Waals surface area contributed by atoms with Gasteiger partial charge in [-0.2, -0.15) is 5.10 Å². The molecule has 5 nitrogen and oxygen atoms in total. The van der Waals surface area contributed by atoms with E-state index in [0.717, 1.165) is 37.1 Å². The van der Waals surface area contributed by atoms with Crippen LogP contribution in [-0.2, 0) is 11.3 Å². The van der Waals surface area contributed by atoms with E-state index in [1.54, 1.807) is 17.3 Å². The summed E-state index contributed by atoms with van der Waals surface area (Å²) >= 11 is 0. The Bertz CT molecular complexity index is 533. The number of aromatic nitrogens is 3. The van der Waals surface area contributed by atoms with Crippen LogP contribution in [0.25, 0.3) is 0 Å². The minimum absolute atomic E-state index is 0.220. The van der Waals surface area contributed by atoms with Crippen LogP contribution < -0.4 is 5.32 Å². The van der Waals surface area contributed by atoms with Crippen LogP contribution in [0.4, 0.5) is 0 Å². The number of hydrogen-bond acceptors (Lipinski definition) is 3. The molecule has 0 saturated heterocycles. The maximum Gasteiger partial charge on any atom is 0.220 e. The third kappa shape index (κ3) is 3.09. The Labute approximate surface area is 144 Å². The molecule has 24 heavy (non-hydrogen) atoms. The summed E-state index contributed by atoms with van der Waals surface area (Å²) in [6.07, 6.45) is 14.2. The molecule has 0 aromatic carbocycles. The minimum Gasteiger partial charge on any atom is -0.353 e. The summed E-state index contributed by atoms with van der Waals surface area (Å²) in [5.74, 6) is 3.04. The zero-order valence-corrected chi connectivity index (χ0v) is 14.8. The lowest BCUT2D eigenvalue weighted by Crippen LogP contribution is -2.56. The fraction of sp³-hybridized carbons (Fsp3) is 0.842.